The monoisotopic (exact) mass is 735 g/mol. The number of pyridine rings is 1. The van der Waals surface area contributed by atoms with Crippen LogP contribution in [0.1, 0.15) is 83.2 Å². The summed E-state index contributed by atoms with van der Waals surface area (Å²) in [6.45, 7) is 18.5. The molecule has 4 rings (SSSR count). The number of thiophene rings is 1. The van der Waals surface area contributed by atoms with Gasteiger partial charge >= 0.3 is 0 Å². The number of hydrogen-bond acceptors (Lipinski definition) is 4. The van der Waals surface area contributed by atoms with Crippen LogP contribution in [-0.4, -0.2) is 15.9 Å². The van der Waals surface area contributed by atoms with Crippen LogP contribution in [0.2, 0.25) is 0 Å². The first-order chi connectivity index (χ1) is 18.4. The third kappa shape index (κ3) is 7.29. The van der Waals surface area contributed by atoms with Crippen molar-refractivity contribution >= 4 is 38.1 Å². The van der Waals surface area contributed by atoms with Crippen molar-refractivity contribution in [2.45, 2.75) is 88.0 Å². The Morgan fingerprint density at radius 2 is 1.52 bits per heavy atom. The smallest absolute Gasteiger partial charge is 0.164 e. The molecule has 0 aliphatic rings. The van der Waals surface area contributed by atoms with Crippen molar-refractivity contribution in [3.05, 3.63) is 76.4 Å². The topological polar surface area (TPSA) is 50.2 Å². The maximum absolute atomic E-state index is 12.2. The molecule has 1 radical (unpaired) electrons. The second-order valence-electron chi connectivity index (χ2n) is 11.3. The van der Waals surface area contributed by atoms with Gasteiger partial charge in [0.2, 0.25) is 0 Å². The van der Waals surface area contributed by atoms with Crippen LogP contribution in [0.15, 0.2) is 54.3 Å². The summed E-state index contributed by atoms with van der Waals surface area (Å²) in [6, 6.07) is 18.4. The van der Waals surface area contributed by atoms with E-state index in [-0.39, 0.29) is 42.5 Å². The van der Waals surface area contributed by atoms with E-state index in [4.69, 9.17) is 4.98 Å². The van der Waals surface area contributed by atoms with Crippen LogP contribution in [0.25, 0.3) is 32.2 Å². The minimum Gasteiger partial charge on any atom is -0.512 e. The van der Waals surface area contributed by atoms with Crippen molar-refractivity contribution < 1.29 is 30.0 Å². The van der Waals surface area contributed by atoms with E-state index in [1.807, 2.05) is 52.9 Å². The molecule has 2 aromatic carbocycles. The van der Waals surface area contributed by atoms with Gasteiger partial charge in [-0.05, 0) is 55.8 Å². The summed E-state index contributed by atoms with van der Waals surface area (Å²) in [7, 11) is 0. The molecule has 0 unspecified atom stereocenters. The zero-order valence-electron chi connectivity index (χ0n) is 25.5. The van der Waals surface area contributed by atoms with Gasteiger partial charge in [-0.1, -0.05) is 73.6 Å². The van der Waals surface area contributed by atoms with E-state index in [1.165, 1.54) is 32.0 Å². The number of aryl methyl sites for hydroxylation is 3. The summed E-state index contributed by atoms with van der Waals surface area (Å²) in [4.78, 5) is 18.4. The molecular weight excluding hydrogens is 691 g/mol. The summed E-state index contributed by atoms with van der Waals surface area (Å²) in [5, 5.41) is 12.6. The number of carbonyl (C=O) groups excluding carboxylic acids is 1. The number of benzene rings is 2. The molecule has 0 saturated carbocycles. The normalized spacial score (nSPS) is 12.2. The molecule has 2 aromatic heterocycles. The van der Waals surface area contributed by atoms with Gasteiger partial charge in [0.05, 0.1) is 5.52 Å². The first kappa shape index (κ1) is 33.9. The van der Waals surface area contributed by atoms with E-state index in [9.17, 15) is 9.90 Å². The molecule has 1 N–H and O–H groups in total. The van der Waals surface area contributed by atoms with Crippen molar-refractivity contribution in [1.29, 1.82) is 0 Å². The molecule has 0 aliphatic heterocycles. The molecule has 0 spiro atoms. The second-order valence-corrected chi connectivity index (χ2v) is 12.5. The largest absolute Gasteiger partial charge is 0.512 e. The second kappa shape index (κ2) is 14.0. The standard InChI is InChI=1S/C20H16NS.C15H28O2.Ir/c1-12-8-13(2)10-15(9-12)19-17-11-14(3)22-20(17)16-6-4-5-7-18(16)21-19;1-7-14(5,8-2)12(16)11-13(17)15(6,9-3)10-4;/h4-9,11H,1-3H3;11,16H,7-10H2,1-6H3;/q-1;;/b;12-11-;. The fourth-order valence-corrected chi connectivity index (χ4v) is 5.79. The maximum atomic E-state index is 12.2. The quantitative estimate of drug-likeness (QED) is 0.111. The van der Waals surface area contributed by atoms with Gasteiger partial charge in [-0.15, -0.1) is 46.2 Å². The van der Waals surface area contributed by atoms with Gasteiger partial charge in [0, 0.05) is 52.0 Å². The predicted octanol–water partition coefficient (Wildman–Crippen LogP) is 10.5. The fourth-order valence-electron chi connectivity index (χ4n) is 4.75. The number of fused-ring (bicyclic) bond motifs is 3. The molecule has 2 heterocycles. The average molecular weight is 735 g/mol. The molecule has 40 heavy (non-hydrogen) atoms. The third-order valence-electron chi connectivity index (χ3n) is 8.50. The number of allylic oxidation sites excluding steroid dienone is 2. The van der Waals surface area contributed by atoms with Crippen molar-refractivity contribution in [2.75, 3.05) is 0 Å². The van der Waals surface area contributed by atoms with E-state index in [0.717, 1.165) is 48.0 Å². The molecule has 3 nitrogen and oxygen atoms in total. The van der Waals surface area contributed by atoms with E-state index < -0.39 is 0 Å². The van der Waals surface area contributed by atoms with E-state index in [1.54, 1.807) is 0 Å². The Morgan fingerprint density at radius 1 is 0.925 bits per heavy atom. The van der Waals surface area contributed by atoms with Crippen LogP contribution in [0, 0.1) is 37.7 Å². The molecule has 4 aromatic rings. The predicted molar refractivity (Wildman–Crippen MR) is 169 cm³/mol. The Morgan fingerprint density at radius 3 is 2.10 bits per heavy atom. The zero-order valence-corrected chi connectivity index (χ0v) is 28.7. The Balaban J connectivity index is 0.000000285. The Kier molecular flexibility index (Phi) is 11.9. The first-order valence-electron chi connectivity index (χ1n) is 14.2. The Labute approximate surface area is 258 Å². The molecule has 0 aliphatic carbocycles. The van der Waals surface area contributed by atoms with E-state index in [2.05, 4.69) is 69.3 Å². The average Bonchev–Trinajstić information content (AvgIpc) is 3.32. The van der Waals surface area contributed by atoms with Gasteiger partial charge in [-0.3, -0.25) is 9.78 Å². The van der Waals surface area contributed by atoms with Crippen LogP contribution < -0.4 is 0 Å². The van der Waals surface area contributed by atoms with Crippen molar-refractivity contribution in [2.24, 2.45) is 10.8 Å². The molecular formula is C35H44IrNO2S-. The molecule has 0 bridgehead atoms. The number of nitrogens with zero attached hydrogens (tertiary/aromatic N) is 1. The summed E-state index contributed by atoms with van der Waals surface area (Å²) < 4.78 is 1.32. The molecule has 0 amide bonds. The number of aliphatic hydroxyl groups excluding tert-OH is 1. The van der Waals surface area contributed by atoms with Gasteiger partial charge in [-0.2, -0.15) is 0 Å². The van der Waals surface area contributed by atoms with E-state index >= 15 is 0 Å². The zero-order chi connectivity index (χ0) is 29.0. The fraction of sp³-hybridized carbons (Fsp3) is 0.429. The number of ketones is 1. The van der Waals surface area contributed by atoms with Crippen LogP contribution in [0.4, 0.5) is 0 Å². The van der Waals surface area contributed by atoms with Crippen molar-refractivity contribution in [1.82, 2.24) is 4.98 Å². The number of para-hydroxylation sites is 1. The molecule has 0 atom stereocenters. The number of aromatic nitrogens is 1. The van der Waals surface area contributed by atoms with Gasteiger partial charge in [0.25, 0.3) is 0 Å². The first-order valence-corrected chi connectivity index (χ1v) is 15.0. The molecule has 5 heteroatoms. The number of hydrogen-bond donors (Lipinski definition) is 1. The Hall–Kier alpha value is -2.33. The van der Waals surface area contributed by atoms with Gasteiger partial charge in [0.1, 0.15) is 5.76 Å². The van der Waals surface area contributed by atoms with Gasteiger partial charge in [0.15, 0.2) is 5.78 Å². The van der Waals surface area contributed by atoms with Gasteiger partial charge in [-0.25, -0.2) is 0 Å². The maximum Gasteiger partial charge on any atom is 0.164 e. The summed E-state index contributed by atoms with van der Waals surface area (Å²) in [5.74, 6) is 0.286. The summed E-state index contributed by atoms with van der Waals surface area (Å²) in [6.07, 6.45) is 4.75. The number of rotatable bonds is 8. The van der Waals surface area contributed by atoms with Crippen LogP contribution in [0.5, 0.6) is 0 Å². The van der Waals surface area contributed by atoms with E-state index in [0.29, 0.717) is 0 Å². The van der Waals surface area contributed by atoms with Crippen LogP contribution in [0.3, 0.4) is 0 Å². The molecule has 217 valence electrons. The summed E-state index contributed by atoms with van der Waals surface area (Å²) in [5.41, 5.74) is 5.00. The molecule has 0 saturated heterocycles. The summed E-state index contributed by atoms with van der Waals surface area (Å²) >= 11 is 1.84. The van der Waals surface area contributed by atoms with Crippen molar-refractivity contribution in [3.63, 3.8) is 0 Å². The number of carbonyl (C=O) groups is 1. The van der Waals surface area contributed by atoms with Gasteiger partial charge < -0.3 is 5.11 Å². The minimum atomic E-state index is -0.337. The third-order valence-corrected chi connectivity index (χ3v) is 9.58. The van der Waals surface area contributed by atoms with Crippen molar-refractivity contribution in [3.8, 4) is 11.3 Å². The molecule has 0 fully saturated rings. The van der Waals surface area contributed by atoms with Crippen LogP contribution in [-0.2, 0) is 24.9 Å². The SMILES string of the molecule is CCC(C)(CC)C(=O)/C=C(\O)C(C)(CC)CC.Cc1[c-]c(-c2nc3ccccc3c3sc(C)cc23)cc(C)c1.[Ir]. The van der Waals surface area contributed by atoms with Crippen LogP contribution >= 0.6 is 11.3 Å². The Bertz CT molecular complexity index is 1470. The minimum absolute atomic E-state index is 0. The number of aliphatic hydroxyl groups is 1.